The van der Waals surface area contributed by atoms with Gasteiger partial charge in [-0.25, -0.2) is 4.79 Å². The molecular weight excluding hydrogens is 389 g/mol. The molecule has 0 aliphatic heterocycles. The van der Waals surface area contributed by atoms with Crippen LogP contribution in [-0.2, 0) is 26.6 Å². The molecule has 6 nitrogen and oxygen atoms in total. The van der Waals surface area contributed by atoms with Gasteiger partial charge in [0, 0.05) is 18.2 Å². The van der Waals surface area contributed by atoms with Crippen LogP contribution in [0.1, 0.15) is 13.3 Å². The van der Waals surface area contributed by atoms with Crippen LogP contribution >= 0.6 is 0 Å². The van der Waals surface area contributed by atoms with Gasteiger partial charge in [0.15, 0.2) is 27.1 Å². The van der Waals surface area contributed by atoms with Gasteiger partial charge in [0.1, 0.15) is 6.61 Å². The third kappa shape index (κ3) is 12.8. The average Bonchev–Trinajstić information content (AvgIpc) is 2.43. The molecule has 0 bridgehead atoms. The van der Waals surface area contributed by atoms with Gasteiger partial charge in [-0.1, -0.05) is 6.58 Å². The molecule has 0 amide bonds. The third-order valence-electron chi connectivity index (χ3n) is 2.83. The highest BCUT2D eigenvalue weighted by Gasteiger charge is 2.42. The molecule has 25 heavy (non-hydrogen) atoms. The van der Waals surface area contributed by atoms with E-state index >= 15 is 0 Å². The molecule has 0 heterocycles. The Balaban J connectivity index is 4.36. The van der Waals surface area contributed by atoms with E-state index in [2.05, 4.69) is 45.9 Å². The molecule has 0 aliphatic rings. The van der Waals surface area contributed by atoms with Crippen LogP contribution in [0.4, 0.5) is 0 Å². The second-order valence-electron chi connectivity index (χ2n) is 6.82. The first-order chi connectivity index (χ1) is 11.6. The van der Waals surface area contributed by atoms with Crippen LogP contribution in [0.25, 0.3) is 0 Å². The summed E-state index contributed by atoms with van der Waals surface area (Å²) in [6, 6.07) is 0.792. The first-order valence-electron chi connectivity index (χ1n) is 9.01. The summed E-state index contributed by atoms with van der Waals surface area (Å²) in [7, 11) is -6.34. The van der Waals surface area contributed by atoms with E-state index in [1.165, 1.54) is 0 Å². The van der Waals surface area contributed by atoms with Gasteiger partial charge in [0.2, 0.25) is 0 Å². The van der Waals surface area contributed by atoms with Gasteiger partial charge in [-0.05, 0) is 52.6 Å². The first kappa shape index (κ1) is 24.9. The van der Waals surface area contributed by atoms with Gasteiger partial charge in [0.25, 0.3) is 0 Å². The Labute approximate surface area is 159 Å². The van der Waals surface area contributed by atoms with E-state index in [9.17, 15) is 4.79 Å². The molecule has 0 saturated heterocycles. The zero-order valence-corrected chi connectivity index (χ0v) is 21.4. The van der Waals surface area contributed by atoms with E-state index < -0.39 is 35.9 Å². The molecule has 0 saturated carbocycles. The van der Waals surface area contributed by atoms with Crippen LogP contribution in [0.3, 0.4) is 0 Å². The molecule has 0 unspecified atom stereocenters. The van der Waals surface area contributed by atoms with Gasteiger partial charge >= 0.3 is 14.8 Å². The van der Waals surface area contributed by atoms with Crippen molar-refractivity contribution in [2.24, 2.45) is 0 Å². The summed E-state index contributed by atoms with van der Waals surface area (Å²) in [6.07, 6.45) is 0.823. The van der Waals surface area contributed by atoms with Crippen LogP contribution in [0.15, 0.2) is 12.2 Å². The first-order valence-corrected chi connectivity index (χ1v) is 19.3. The predicted octanol–water partition coefficient (Wildman–Crippen LogP) is 2.45. The second kappa shape index (κ2) is 13.1. The molecule has 0 radical (unpaired) electrons. The average molecular weight is 425 g/mol. The molecule has 0 aromatic heterocycles. The van der Waals surface area contributed by atoms with Crippen molar-refractivity contribution < 1.29 is 26.6 Å². The SMILES string of the molecule is C=C(C)C(=O)OCCOCCC[Si](O[SiH](C)C)(O[SiH](C)C)O[SiH](C)C. The van der Waals surface area contributed by atoms with Crippen LogP contribution in [0, 0.1) is 0 Å². The quantitative estimate of drug-likeness (QED) is 0.185. The van der Waals surface area contributed by atoms with Gasteiger partial charge < -0.3 is 21.8 Å². The molecule has 0 aromatic carbocycles. The summed E-state index contributed by atoms with van der Waals surface area (Å²) < 4.78 is 29.5. The molecule has 0 rings (SSSR count). The zero-order valence-electron chi connectivity index (χ0n) is 16.9. The van der Waals surface area contributed by atoms with E-state index in [0.717, 1.165) is 12.5 Å². The predicted molar refractivity (Wildman–Crippen MR) is 112 cm³/mol. The molecule has 0 atom stereocenters. The fourth-order valence-electron chi connectivity index (χ4n) is 2.15. The highest BCUT2D eigenvalue weighted by Crippen LogP contribution is 2.21. The van der Waals surface area contributed by atoms with E-state index in [1.807, 2.05) is 0 Å². The Hall–Kier alpha value is -0.0825. The van der Waals surface area contributed by atoms with Crippen molar-refractivity contribution in [3.63, 3.8) is 0 Å². The fraction of sp³-hybridized carbons (Fsp3) is 0.800. The largest absolute Gasteiger partial charge is 0.469 e. The molecule has 0 N–H and O–H groups in total. The summed E-state index contributed by atoms with van der Waals surface area (Å²) in [5.41, 5.74) is 0.399. The Morgan fingerprint density at radius 1 is 0.880 bits per heavy atom. The van der Waals surface area contributed by atoms with Gasteiger partial charge in [0.05, 0.1) is 6.61 Å². The van der Waals surface area contributed by atoms with Gasteiger partial charge in [-0.15, -0.1) is 0 Å². The minimum Gasteiger partial charge on any atom is -0.460 e. The minimum absolute atomic E-state index is 0.245. The van der Waals surface area contributed by atoms with Crippen molar-refractivity contribution in [3.8, 4) is 0 Å². The number of esters is 1. The fourth-order valence-corrected chi connectivity index (χ4v) is 14.9. The van der Waals surface area contributed by atoms with Crippen molar-refractivity contribution in [2.45, 2.75) is 58.7 Å². The van der Waals surface area contributed by atoms with E-state index in [1.54, 1.807) is 6.92 Å². The summed E-state index contributed by atoms with van der Waals surface area (Å²) in [4.78, 5) is 11.3. The van der Waals surface area contributed by atoms with Crippen molar-refractivity contribution in [1.82, 2.24) is 0 Å². The summed E-state index contributed by atoms with van der Waals surface area (Å²) in [5.74, 6) is -0.379. The zero-order chi connectivity index (χ0) is 19.5. The topological polar surface area (TPSA) is 63.2 Å². The van der Waals surface area contributed by atoms with E-state index in [4.69, 9.17) is 21.8 Å². The number of hydrogen-bond donors (Lipinski definition) is 0. The van der Waals surface area contributed by atoms with Crippen molar-refractivity contribution >= 4 is 41.9 Å². The Kier molecular flexibility index (Phi) is 13.1. The number of hydrogen-bond acceptors (Lipinski definition) is 6. The van der Waals surface area contributed by atoms with E-state index in [-0.39, 0.29) is 12.6 Å². The van der Waals surface area contributed by atoms with Gasteiger partial charge in [-0.2, -0.15) is 0 Å². The third-order valence-corrected chi connectivity index (χ3v) is 13.8. The molecule has 148 valence electrons. The lowest BCUT2D eigenvalue weighted by atomic mass is 10.4. The van der Waals surface area contributed by atoms with E-state index in [0.29, 0.717) is 18.8 Å². The molecule has 0 fully saturated rings. The highest BCUT2D eigenvalue weighted by molar-refractivity contribution is 6.79. The Morgan fingerprint density at radius 2 is 1.36 bits per heavy atom. The maximum Gasteiger partial charge on any atom is 0.469 e. The second-order valence-corrected chi connectivity index (χ2v) is 17.8. The standard InChI is InChI=1S/C15H36O6Si4/c1-14(2)15(16)18-12-11-17-10-9-13-25(19-22(3)4,20-23(5)6)21-24(7)8/h22-24H,1,9-13H2,2-8H3. The number of carbonyl (C=O) groups is 1. The monoisotopic (exact) mass is 424 g/mol. The van der Waals surface area contributed by atoms with Crippen LogP contribution in [0.5, 0.6) is 0 Å². The lowest BCUT2D eigenvalue weighted by molar-refractivity contribution is -0.140. The molecule has 0 spiro atoms. The number of rotatable bonds is 14. The lowest BCUT2D eigenvalue weighted by Crippen LogP contribution is -2.53. The van der Waals surface area contributed by atoms with Gasteiger partial charge in [-0.3, -0.25) is 0 Å². The Bertz CT molecular complexity index is 377. The lowest BCUT2D eigenvalue weighted by Gasteiger charge is -2.35. The molecule has 0 aromatic rings. The number of carbonyl (C=O) groups excluding carboxylic acids is 1. The normalized spacial score (nSPS) is 12.2. The maximum absolute atomic E-state index is 11.3. The highest BCUT2D eigenvalue weighted by atomic mass is 28.5. The molecular formula is C15H36O6Si4. The summed E-state index contributed by atoms with van der Waals surface area (Å²) in [5, 5.41) is 0. The van der Waals surface area contributed by atoms with Crippen LogP contribution in [-0.4, -0.2) is 61.7 Å². The molecule has 10 heteroatoms. The number of ether oxygens (including phenoxy) is 2. The smallest absolute Gasteiger partial charge is 0.460 e. The van der Waals surface area contributed by atoms with Crippen LogP contribution < -0.4 is 0 Å². The molecule has 0 aliphatic carbocycles. The summed E-state index contributed by atoms with van der Waals surface area (Å²) in [6.45, 7) is 19.3. The minimum atomic E-state index is -2.58. The van der Waals surface area contributed by atoms with Crippen molar-refractivity contribution in [1.29, 1.82) is 0 Å². The van der Waals surface area contributed by atoms with Crippen molar-refractivity contribution in [3.05, 3.63) is 12.2 Å². The maximum atomic E-state index is 11.3. The Morgan fingerprint density at radius 3 is 1.76 bits per heavy atom. The van der Waals surface area contributed by atoms with Crippen LogP contribution in [0.2, 0.25) is 45.3 Å². The van der Waals surface area contributed by atoms with Crippen molar-refractivity contribution in [2.75, 3.05) is 19.8 Å². The summed E-state index contributed by atoms with van der Waals surface area (Å²) >= 11 is 0.